The summed E-state index contributed by atoms with van der Waals surface area (Å²) in [6.07, 6.45) is 7.71. The average Bonchev–Trinajstić information content (AvgIpc) is 4.06. The van der Waals surface area contributed by atoms with Crippen LogP contribution < -0.4 is 28.3 Å². The molecule has 0 spiro atoms. The van der Waals surface area contributed by atoms with Crippen molar-refractivity contribution in [3.63, 3.8) is 0 Å². The van der Waals surface area contributed by atoms with Crippen LogP contribution in [0.4, 0.5) is 0 Å². The summed E-state index contributed by atoms with van der Waals surface area (Å²) in [6.45, 7) is 49.6. The molecule has 23 heteroatoms. The normalized spacial score (nSPS) is 9.15. The van der Waals surface area contributed by atoms with Gasteiger partial charge < -0.3 is 45.0 Å². The van der Waals surface area contributed by atoms with E-state index in [-0.39, 0.29) is 62.9 Å². The predicted octanol–water partition coefficient (Wildman–Crippen LogP) is 11.1. The van der Waals surface area contributed by atoms with Crippen molar-refractivity contribution in [2.24, 2.45) is 56.6 Å². The summed E-state index contributed by atoms with van der Waals surface area (Å²) >= 11 is 3.07. The summed E-state index contributed by atoms with van der Waals surface area (Å²) in [7, 11) is 0.889. The standard InChI is InChI=1S/C10H20O2.C10H18O2.2C5H8N4S.C4H9NO.C4H6O3.C3H8.3C2H6.C2H5.CH3NO2.Y/c1-5-10(6-7-12-11)9(4)8(2)3;1-5-9(6-10(11)12)8(4)7(2)3;2*6-5(7)9-3-4-8-1-2-10-4;1-3-5-4(2)6;1-3(5)7-4(2)6;1-3-2;4*1-2;1-2(3)4;/h8,10-11H,4-7H2,1-3H3;7,9H,4-6H2,1-3H3,(H,11,12);2*1-2H,3H2,(H4,6,7,9);3H2,1-2H3,(H,5,6);1-2H3;3H2,1-2H3;3*1-2H3;1H2,2H3;1H3;/q;;;;;;;;;;-1;;. The van der Waals surface area contributed by atoms with E-state index in [4.69, 9.17) is 43.4 Å². The van der Waals surface area contributed by atoms with Crippen LogP contribution in [0.3, 0.4) is 0 Å². The molecule has 0 aromatic carbocycles. The number of hydrogen-bond acceptors (Lipinski definition) is 15. The van der Waals surface area contributed by atoms with Gasteiger partial charge in [0.05, 0.1) is 26.1 Å². The van der Waals surface area contributed by atoms with Crippen LogP contribution in [0.5, 0.6) is 0 Å². The Labute approximate surface area is 475 Å². The fraction of sp³-hybridized carbons (Fsp3) is 0.660. The molecule has 0 saturated heterocycles. The van der Waals surface area contributed by atoms with E-state index in [1.807, 2.05) is 80.0 Å². The number of carboxylic acids is 1. The first-order valence-electron chi connectivity index (χ1n) is 24.2. The molecule has 11 N–H and O–H groups in total. The van der Waals surface area contributed by atoms with E-state index < -0.39 is 22.8 Å². The minimum absolute atomic E-state index is 0. The second kappa shape index (κ2) is 76.7. The van der Waals surface area contributed by atoms with Gasteiger partial charge in [0.1, 0.15) is 10.0 Å². The molecule has 2 aromatic rings. The van der Waals surface area contributed by atoms with E-state index in [1.165, 1.54) is 55.4 Å². The van der Waals surface area contributed by atoms with Gasteiger partial charge in [-0.15, -0.1) is 22.7 Å². The first-order chi connectivity index (χ1) is 33.7. The third-order valence-electron chi connectivity index (χ3n) is 6.97. The Bertz CT molecular complexity index is 1490. The topological polar surface area (TPSA) is 337 Å². The SMILES string of the molecule is C=C(C(C)C)C(CC)CC(=O)O.C=C(C(C)C)C(CC)CCOO.CC.CC.CC.CC(=O)OC(C)=O.CCC.CCNC(C)=O.C[N+](=O)[O-].NC(N)=NCc1nccs1.NC(N)=NCc1nccs1.[CH2-]C.[Y]. The zero-order valence-electron chi connectivity index (χ0n) is 48.7. The molecule has 0 aliphatic heterocycles. The van der Waals surface area contributed by atoms with Gasteiger partial charge in [0.25, 0.3) is 0 Å². The molecule has 0 aliphatic rings. The number of rotatable bonds is 16. The van der Waals surface area contributed by atoms with Crippen LogP contribution in [0.25, 0.3) is 0 Å². The van der Waals surface area contributed by atoms with Crippen molar-refractivity contribution < 1.29 is 76.8 Å². The van der Waals surface area contributed by atoms with Crippen LogP contribution >= 0.6 is 22.7 Å². The zero-order valence-corrected chi connectivity index (χ0v) is 53.2. The molecule has 429 valence electrons. The Balaban J connectivity index is -0.0000000670. The Hall–Kier alpha value is -4.22. The molecule has 2 rings (SSSR count). The van der Waals surface area contributed by atoms with Crippen LogP contribution in [0.2, 0.25) is 0 Å². The van der Waals surface area contributed by atoms with E-state index in [1.54, 1.807) is 19.3 Å². The molecule has 0 saturated carbocycles. The van der Waals surface area contributed by atoms with Crippen molar-refractivity contribution in [2.75, 3.05) is 20.2 Å². The van der Waals surface area contributed by atoms with Gasteiger partial charge in [-0.1, -0.05) is 128 Å². The molecule has 0 bridgehead atoms. The first kappa shape index (κ1) is 94.7. The number of carbonyl (C=O) groups excluding carboxylic acids is 3. The monoisotopic (exact) mass is 1160 g/mol. The van der Waals surface area contributed by atoms with E-state index >= 15 is 0 Å². The second-order valence-electron chi connectivity index (χ2n) is 13.5. The van der Waals surface area contributed by atoms with Crippen LogP contribution in [-0.4, -0.2) is 81.2 Å². The Morgan fingerprint density at radius 1 is 0.767 bits per heavy atom. The smallest absolute Gasteiger partial charge is 0.310 e. The van der Waals surface area contributed by atoms with E-state index in [2.05, 4.69) is 89.6 Å². The molecular formula is C50H103N10O10S2Y-. The summed E-state index contributed by atoms with van der Waals surface area (Å²) < 4.78 is 3.97. The number of carbonyl (C=O) groups is 4. The number of nitrogens with one attached hydrogen (secondary N) is 1. The number of hydrogen-bond donors (Lipinski definition) is 7. The molecule has 1 amide bonds. The van der Waals surface area contributed by atoms with Gasteiger partial charge >= 0.3 is 17.9 Å². The molecule has 0 fully saturated rings. The fourth-order valence-electron chi connectivity index (χ4n) is 3.97. The number of nitrogens with zero attached hydrogens (tertiary/aromatic N) is 5. The molecule has 2 atom stereocenters. The van der Waals surface area contributed by atoms with Crippen LogP contribution in [0.1, 0.15) is 174 Å². The summed E-state index contributed by atoms with van der Waals surface area (Å²) in [6, 6.07) is 0. The number of nitro groups is 1. The number of aromatic nitrogens is 2. The number of nitrogens with two attached hydrogens (primary N) is 4. The Morgan fingerprint density at radius 3 is 1.25 bits per heavy atom. The van der Waals surface area contributed by atoms with E-state index in [0.717, 1.165) is 48.4 Å². The van der Waals surface area contributed by atoms with Crippen LogP contribution in [0, 0.1) is 40.7 Å². The molecular weight excluding hydrogens is 1050 g/mol. The maximum Gasteiger partial charge on any atom is 0.310 e. The number of allylic oxidation sites excluding steroid dienone is 2. The van der Waals surface area contributed by atoms with Crippen molar-refractivity contribution in [3.8, 4) is 0 Å². The minimum Gasteiger partial charge on any atom is -0.481 e. The van der Waals surface area contributed by atoms with Gasteiger partial charge in [0, 0.05) is 88.1 Å². The molecule has 20 nitrogen and oxygen atoms in total. The largest absolute Gasteiger partial charge is 0.481 e. The molecule has 2 unspecified atom stereocenters. The molecule has 0 aliphatic carbocycles. The number of aliphatic carboxylic acids is 1. The first-order valence-corrected chi connectivity index (χ1v) is 25.9. The van der Waals surface area contributed by atoms with Gasteiger partial charge in [0.2, 0.25) is 5.91 Å². The third-order valence-corrected chi connectivity index (χ3v) is 8.50. The predicted molar refractivity (Wildman–Crippen MR) is 305 cm³/mol. The van der Waals surface area contributed by atoms with E-state index in [0.29, 0.717) is 37.5 Å². The van der Waals surface area contributed by atoms with Crippen molar-refractivity contribution >= 4 is 58.4 Å². The van der Waals surface area contributed by atoms with Crippen molar-refractivity contribution in [1.82, 2.24) is 15.3 Å². The van der Waals surface area contributed by atoms with Gasteiger partial charge in [-0.25, -0.2) is 24.8 Å². The number of esters is 2. The summed E-state index contributed by atoms with van der Waals surface area (Å²) in [5, 5.41) is 33.8. The van der Waals surface area contributed by atoms with Gasteiger partial charge in [0.15, 0.2) is 19.0 Å². The quantitative estimate of drug-likeness (QED) is 0.00945. The number of carboxylic acid groups (broad SMARTS) is 1. The van der Waals surface area contributed by atoms with Crippen LogP contribution in [-0.2, 0) is 74.6 Å². The number of thiazole rings is 2. The molecule has 2 heterocycles. The number of amides is 1. The molecule has 1 radical (unpaired) electrons. The number of aliphatic imine (C=N–C) groups is 2. The van der Waals surface area contributed by atoms with E-state index in [9.17, 15) is 19.2 Å². The van der Waals surface area contributed by atoms with Crippen molar-refractivity contribution in [3.05, 3.63) is 74.5 Å². The molecule has 2 aromatic heterocycles. The maximum atomic E-state index is 10.5. The Kier molecular flexibility index (Phi) is 99.4. The fourth-order valence-corrected chi connectivity index (χ4v) is 5.05. The second-order valence-corrected chi connectivity index (χ2v) is 15.5. The molecule has 73 heavy (non-hydrogen) atoms. The zero-order chi connectivity index (χ0) is 59.2. The number of ether oxygens (including phenoxy) is 1. The minimum atomic E-state index is -0.733. The summed E-state index contributed by atoms with van der Waals surface area (Å²) in [5.41, 5.74) is 22.8. The average molecular weight is 1160 g/mol. The van der Waals surface area contributed by atoms with Crippen molar-refractivity contribution in [2.45, 2.75) is 177 Å². The Morgan fingerprint density at radius 2 is 1.08 bits per heavy atom. The van der Waals surface area contributed by atoms with Crippen LogP contribution in [0.15, 0.2) is 57.4 Å². The summed E-state index contributed by atoms with van der Waals surface area (Å²) in [4.78, 5) is 67.9. The number of guanidine groups is 2. The third kappa shape index (κ3) is 97.7. The van der Waals surface area contributed by atoms with Gasteiger partial charge in [-0.05, 0) is 49.9 Å². The van der Waals surface area contributed by atoms with Gasteiger partial charge in [-0.2, -0.15) is 6.92 Å². The summed E-state index contributed by atoms with van der Waals surface area (Å²) in [5.74, 6) is -0.0749. The van der Waals surface area contributed by atoms with Crippen molar-refractivity contribution in [1.29, 1.82) is 0 Å². The van der Waals surface area contributed by atoms with Gasteiger partial charge in [-0.3, -0.25) is 34.5 Å². The maximum absolute atomic E-state index is 10.5.